The summed E-state index contributed by atoms with van der Waals surface area (Å²) in [6.45, 7) is 1.90. The van der Waals surface area contributed by atoms with Crippen LogP contribution >= 0.6 is 11.5 Å². The van der Waals surface area contributed by atoms with Crippen molar-refractivity contribution in [3.05, 3.63) is 35.2 Å². The van der Waals surface area contributed by atoms with Crippen molar-refractivity contribution < 1.29 is 19.5 Å². The number of carbonyl (C=O) groups is 3. The number of amides is 2. The molecule has 0 atom stereocenters. The third kappa shape index (κ3) is 4.88. The minimum absolute atomic E-state index is 0.0113. The van der Waals surface area contributed by atoms with Gasteiger partial charge in [0.15, 0.2) is 11.6 Å². The third-order valence-electron chi connectivity index (χ3n) is 4.41. The minimum atomic E-state index is -1.04. The zero-order valence-electron chi connectivity index (χ0n) is 14.8. The van der Waals surface area contributed by atoms with Gasteiger partial charge in [-0.25, -0.2) is 9.78 Å². The van der Waals surface area contributed by atoms with Crippen LogP contribution in [-0.2, 0) is 11.2 Å². The van der Waals surface area contributed by atoms with Crippen molar-refractivity contribution in [3.8, 4) is 0 Å². The highest BCUT2D eigenvalue weighted by Crippen LogP contribution is 2.31. The third-order valence-corrected chi connectivity index (χ3v) is 5.08. The molecule has 3 rings (SSSR count). The smallest absolute Gasteiger partial charge is 0.325 e. The lowest BCUT2D eigenvalue weighted by molar-refractivity contribution is -0.136. The largest absolute Gasteiger partial charge is 0.481 e. The quantitative estimate of drug-likeness (QED) is 0.651. The van der Waals surface area contributed by atoms with Gasteiger partial charge in [-0.05, 0) is 31.9 Å². The van der Waals surface area contributed by atoms with E-state index in [-0.39, 0.29) is 29.1 Å². The van der Waals surface area contributed by atoms with Crippen molar-refractivity contribution >= 4 is 40.1 Å². The molecule has 1 aliphatic carbocycles. The number of ketones is 1. The molecule has 2 aromatic rings. The normalized spacial score (nSPS) is 14.1. The molecule has 1 saturated carbocycles. The summed E-state index contributed by atoms with van der Waals surface area (Å²) in [5.74, 6) is -0.836. The van der Waals surface area contributed by atoms with E-state index in [9.17, 15) is 14.4 Å². The number of urea groups is 1. The van der Waals surface area contributed by atoms with E-state index in [2.05, 4.69) is 20.0 Å². The molecule has 1 aliphatic rings. The van der Waals surface area contributed by atoms with Crippen LogP contribution in [0.15, 0.2) is 18.2 Å². The number of anilines is 2. The van der Waals surface area contributed by atoms with E-state index in [0.717, 1.165) is 42.8 Å². The summed E-state index contributed by atoms with van der Waals surface area (Å²) in [7, 11) is 0. The zero-order chi connectivity index (χ0) is 19.4. The van der Waals surface area contributed by atoms with E-state index >= 15 is 0 Å². The van der Waals surface area contributed by atoms with Crippen LogP contribution in [0.5, 0.6) is 0 Å². The Labute approximate surface area is 160 Å². The fourth-order valence-electron chi connectivity index (χ4n) is 3.14. The van der Waals surface area contributed by atoms with Crippen molar-refractivity contribution in [2.45, 2.75) is 39.0 Å². The molecule has 8 nitrogen and oxygen atoms in total. The van der Waals surface area contributed by atoms with Gasteiger partial charge >= 0.3 is 12.0 Å². The lowest BCUT2D eigenvalue weighted by Crippen LogP contribution is -2.22. The number of aryl methyl sites for hydroxylation is 1. The zero-order valence-corrected chi connectivity index (χ0v) is 15.6. The number of carbonyl (C=O) groups excluding carboxylic acids is 2. The molecule has 1 fully saturated rings. The number of carboxylic acids is 1. The van der Waals surface area contributed by atoms with Crippen LogP contribution in [0.3, 0.4) is 0 Å². The van der Waals surface area contributed by atoms with Crippen molar-refractivity contribution in [1.29, 1.82) is 0 Å². The SMILES string of the molecule is Cc1ccc(NC(=O)Nc2nc(CC(=O)O)ns2)c(C(=O)C2CCCC2)c1. The predicted octanol–water partition coefficient (Wildman–Crippen LogP) is 3.49. The number of nitrogens with one attached hydrogen (secondary N) is 2. The topological polar surface area (TPSA) is 121 Å². The average Bonchev–Trinajstić information content (AvgIpc) is 3.27. The van der Waals surface area contributed by atoms with E-state index in [1.807, 2.05) is 13.0 Å². The Kier molecular flexibility index (Phi) is 5.80. The van der Waals surface area contributed by atoms with Gasteiger partial charge in [-0.15, -0.1) is 0 Å². The molecule has 0 spiro atoms. The highest BCUT2D eigenvalue weighted by atomic mass is 32.1. The summed E-state index contributed by atoms with van der Waals surface area (Å²) < 4.78 is 3.88. The minimum Gasteiger partial charge on any atom is -0.481 e. The highest BCUT2D eigenvalue weighted by Gasteiger charge is 2.26. The molecule has 0 aliphatic heterocycles. The van der Waals surface area contributed by atoms with E-state index in [1.54, 1.807) is 12.1 Å². The molecule has 142 valence electrons. The molecule has 27 heavy (non-hydrogen) atoms. The molecule has 1 heterocycles. The molecular weight excluding hydrogens is 368 g/mol. The van der Waals surface area contributed by atoms with E-state index in [1.165, 1.54) is 0 Å². The average molecular weight is 388 g/mol. The Morgan fingerprint density at radius 2 is 1.96 bits per heavy atom. The fourth-order valence-corrected chi connectivity index (χ4v) is 3.72. The van der Waals surface area contributed by atoms with Gasteiger partial charge in [0.25, 0.3) is 0 Å². The van der Waals surface area contributed by atoms with Crippen molar-refractivity contribution in [2.75, 3.05) is 10.6 Å². The second kappa shape index (κ2) is 8.26. The Morgan fingerprint density at radius 3 is 2.67 bits per heavy atom. The van der Waals surface area contributed by atoms with Gasteiger partial charge in [-0.2, -0.15) is 4.37 Å². The highest BCUT2D eigenvalue weighted by molar-refractivity contribution is 7.09. The maximum Gasteiger partial charge on any atom is 0.325 e. The number of hydrogen-bond acceptors (Lipinski definition) is 6. The summed E-state index contributed by atoms with van der Waals surface area (Å²) in [6.07, 6.45) is 3.57. The van der Waals surface area contributed by atoms with Crippen LogP contribution in [-0.4, -0.2) is 32.2 Å². The number of benzene rings is 1. The van der Waals surface area contributed by atoms with Crippen LogP contribution in [0.4, 0.5) is 15.6 Å². The fraction of sp³-hybridized carbons (Fsp3) is 0.389. The van der Waals surface area contributed by atoms with Gasteiger partial charge < -0.3 is 10.4 Å². The summed E-state index contributed by atoms with van der Waals surface area (Å²) in [5, 5.41) is 14.2. The predicted molar refractivity (Wildman–Crippen MR) is 101 cm³/mol. The Hall–Kier alpha value is -2.81. The van der Waals surface area contributed by atoms with Crippen LogP contribution in [0, 0.1) is 12.8 Å². The summed E-state index contributed by atoms with van der Waals surface area (Å²) in [4.78, 5) is 39.7. The molecule has 3 N–H and O–H groups in total. The lowest BCUT2D eigenvalue weighted by Gasteiger charge is -2.14. The summed E-state index contributed by atoms with van der Waals surface area (Å²) in [6, 6.07) is 4.79. The molecule has 1 aromatic carbocycles. The first-order valence-corrected chi connectivity index (χ1v) is 9.47. The maximum absolute atomic E-state index is 12.8. The van der Waals surface area contributed by atoms with Crippen LogP contribution in [0.25, 0.3) is 0 Å². The number of aromatic nitrogens is 2. The van der Waals surface area contributed by atoms with Gasteiger partial charge in [0.2, 0.25) is 5.13 Å². The van der Waals surface area contributed by atoms with Gasteiger partial charge in [0, 0.05) is 23.0 Å². The van der Waals surface area contributed by atoms with Gasteiger partial charge in [0.1, 0.15) is 6.42 Å². The van der Waals surface area contributed by atoms with Crippen LogP contribution < -0.4 is 10.6 Å². The van der Waals surface area contributed by atoms with E-state index in [4.69, 9.17) is 5.11 Å². The molecule has 2 amide bonds. The molecule has 0 radical (unpaired) electrons. The van der Waals surface area contributed by atoms with Gasteiger partial charge in [-0.1, -0.05) is 24.5 Å². The number of hydrogen-bond donors (Lipinski definition) is 3. The second-order valence-electron chi connectivity index (χ2n) is 6.56. The number of nitrogens with zero attached hydrogens (tertiary/aromatic N) is 2. The number of Topliss-reactive ketones (excluding diaryl/α,β-unsaturated/α-hetero) is 1. The summed E-state index contributed by atoms with van der Waals surface area (Å²) in [5.41, 5.74) is 1.91. The number of aliphatic carboxylic acids is 1. The number of carboxylic acid groups (broad SMARTS) is 1. The molecule has 0 bridgehead atoms. The molecule has 0 unspecified atom stereocenters. The molecular formula is C18H20N4O4S. The standard InChI is InChI=1S/C18H20N4O4S/c1-10-6-7-13(12(8-10)16(25)11-4-2-3-5-11)19-17(26)21-18-20-14(22-27-18)9-15(23)24/h6-8,11H,2-5,9H2,1H3,(H,23,24)(H2,19,20,21,22,26). The molecule has 1 aromatic heterocycles. The molecule has 0 saturated heterocycles. The van der Waals surface area contributed by atoms with Crippen molar-refractivity contribution in [3.63, 3.8) is 0 Å². The first-order valence-electron chi connectivity index (χ1n) is 8.69. The first-order chi connectivity index (χ1) is 12.9. The summed E-state index contributed by atoms with van der Waals surface area (Å²) >= 11 is 0.900. The van der Waals surface area contributed by atoms with E-state index < -0.39 is 12.0 Å². The Balaban J connectivity index is 1.71. The van der Waals surface area contributed by atoms with Gasteiger partial charge in [-0.3, -0.25) is 14.9 Å². The van der Waals surface area contributed by atoms with Gasteiger partial charge in [0.05, 0.1) is 5.69 Å². The lowest BCUT2D eigenvalue weighted by atomic mass is 9.94. The second-order valence-corrected chi connectivity index (χ2v) is 7.31. The number of rotatable bonds is 6. The first kappa shape index (κ1) is 19.0. The molecule has 9 heteroatoms. The van der Waals surface area contributed by atoms with Crippen molar-refractivity contribution in [2.24, 2.45) is 5.92 Å². The van der Waals surface area contributed by atoms with Crippen molar-refractivity contribution in [1.82, 2.24) is 9.36 Å². The maximum atomic E-state index is 12.8. The van der Waals surface area contributed by atoms with E-state index in [0.29, 0.717) is 11.3 Å². The van der Waals surface area contributed by atoms with Crippen LogP contribution in [0.1, 0.15) is 47.4 Å². The monoisotopic (exact) mass is 388 g/mol. The Bertz CT molecular complexity index is 874. The van der Waals surface area contributed by atoms with Crippen LogP contribution in [0.2, 0.25) is 0 Å². The Morgan fingerprint density at radius 1 is 1.22 bits per heavy atom.